The Morgan fingerprint density at radius 3 is 3.00 bits per heavy atom. The lowest BCUT2D eigenvalue weighted by Crippen LogP contribution is -2.19. The first-order valence-corrected chi connectivity index (χ1v) is 5.09. The van der Waals surface area contributed by atoms with Crippen molar-refractivity contribution < 1.29 is 8.78 Å². The van der Waals surface area contributed by atoms with Crippen molar-refractivity contribution in [2.45, 2.75) is 31.7 Å². The van der Waals surface area contributed by atoms with Crippen LogP contribution >= 0.6 is 11.6 Å². The molecule has 0 bridgehead atoms. The Morgan fingerprint density at radius 2 is 2.36 bits per heavy atom. The topological polar surface area (TPSA) is 17.8 Å². The second-order valence-electron chi connectivity index (χ2n) is 3.94. The van der Waals surface area contributed by atoms with E-state index >= 15 is 0 Å². The number of hydrogen-bond acceptors (Lipinski definition) is 1. The Kier molecular flexibility index (Phi) is 1.42. The molecule has 1 aromatic heterocycles. The summed E-state index contributed by atoms with van der Waals surface area (Å²) in [5, 5.41) is 4.20. The first kappa shape index (κ1) is 8.65. The highest BCUT2D eigenvalue weighted by molar-refractivity contribution is 6.30. The summed E-state index contributed by atoms with van der Waals surface area (Å²) >= 11 is 5.85. The molecule has 5 heteroatoms. The molecule has 2 nitrogen and oxygen atoms in total. The number of fused-ring (bicyclic) bond motifs is 3. The normalized spacial score (nSPS) is 31.4. The largest absolute Gasteiger partial charge is 0.293 e. The van der Waals surface area contributed by atoms with Gasteiger partial charge in [-0.2, -0.15) is 13.9 Å². The standard InChI is InChI=1S/C9H9ClF2N2/c1-2-14-7-6(8(10)13-14)4-3-5(4)9(7,11)12/h4-5H,2-3H2,1H3/t4-,5+/m0/s1. The molecule has 0 aliphatic heterocycles. The van der Waals surface area contributed by atoms with Gasteiger partial charge in [-0.1, -0.05) is 11.6 Å². The van der Waals surface area contributed by atoms with Crippen molar-refractivity contribution in [3.05, 3.63) is 16.4 Å². The van der Waals surface area contributed by atoms with Crippen LogP contribution < -0.4 is 0 Å². The van der Waals surface area contributed by atoms with Crippen molar-refractivity contribution in [2.24, 2.45) is 5.92 Å². The third kappa shape index (κ3) is 0.787. The van der Waals surface area contributed by atoms with Crippen molar-refractivity contribution in [1.82, 2.24) is 9.78 Å². The number of rotatable bonds is 1. The Labute approximate surface area is 84.9 Å². The van der Waals surface area contributed by atoms with Crippen molar-refractivity contribution >= 4 is 11.6 Å². The highest BCUT2D eigenvalue weighted by atomic mass is 35.5. The third-order valence-corrected chi connectivity index (χ3v) is 3.47. The van der Waals surface area contributed by atoms with E-state index in [-0.39, 0.29) is 16.8 Å². The maximum Gasteiger partial charge on any atom is 0.293 e. The Hall–Kier alpha value is -0.640. The second-order valence-corrected chi connectivity index (χ2v) is 4.30. The number of hydrogen-bond donors (Lipinski definition) is 0. The highest BCUT2D eigenvalue weighted by Gasteiger charge is 2.66. The van der Waals surface area contributed by atoms with E-state index in [9.17, 15) is 8.78 Å². The lowest BCUT2D eigenvalue weighted by molar-refractivity contribution is -0.0308. The van der Waals surface area contributed by atoms with E-state index in [1.807, 2.05) is 0 Å². The molecule has 0 N–H and O–H groups in total. The number of nitrogens with zero attached hydrogens (tertiary/aromatic N) is 2. The summed E-state index contributed by atoms with van der Waals surface area (Å²) < 4.78 is 28.8. The summed E-state index contributed by atoms with van der Waals surface area (Å²) in [6.07, 6.45) is 0.565. The van der Waals surface area contributed by atoms with Gasteiger partial charge in [0.15, 0.2) is 5.15 Å². The van der Waals surface area contributed by atoms with Crippen LogP contribution in [0.25, 0.3) is 0 Å². The molecular formula is C9H9ClF2N2. The fourth-order valence-electron chi connectivity index (χ4n) is 2.45. The van der Waals surface area contributed by atoms with Gasteiger partial charge in [-0.15, -0.1) is 0 Å². The van der Waals surface area contributed by atoms with E-state index in [4.69, 9.17) is 11.6 Å². The molecule has 76 valence electrons. The number of alkyl halides is 2. The highest BCUT2D eigenvalue weighted by Crippen LogP contribution is 2.68. The van der Waals surface area contributed by atoms with E-state index in [1.165, 1.54) is 4.68 Å². The molecule has 1 aromatic rings. The van der Waals surface area contributed by atoms with E-state index in [1.54, 1.807) is 6.92 Å². The molecule has 3 rings (SSSR count). The number of aromatic nitrogens is 2. The van der Waals surface area contributed by atoms with Crippen LogP contribution in [0.1, 0.15) is 30.5 Å². The minimum Gasteiger partial charge on any atom is -0.262 e. The van der Waals surface area contributed by atoms with Gasteiger partial charge in [0.05, 0.1) is 0 Å². The van der Waals surface area contributed by atoms with Gasteiger partial charge < -0.3 is 0 Å². The molecule has 0 amide bonds. The van der Waals surface area contributed by atoms with Crippen molar-refractivity contribution in [2.75, 3.05) is 0 Å². The molecule has 1 saturated carbocycles. The third-order valence-electron chi connectivity index (χ3n) is 3.19. The van der Waals surface area contributed by atoms with E-state index in [0.29, 0.717) is 18.5 Å². The van der Waals surface area contributed by atoms with Gasteiger partial charge in [0, 0.05) is 18.0 Å². The smallest absolute Gasteiger partial charge is 0.262 e. The number of halogens is 3. The molecule has 2 aliphatic rings. The van der Waals surface area contributed by atoms with Crippen LogP contribution in [-0.4, -0.2) is 9.78 Å². The second kappa shape index (κ2) is 2.30. The van der Waals surface area contributed by atoms with E-state index in [0.717, 1.165) is 0 Å². The average Bonchev–Trinajstić information content (AvgIpc) is 2.79. The molecule has 1 fully saturated rings. The average molecular weight is 219 g/mol. The molecule has 0 radical (unpaired) electrons. The van der Waals surface area contributed by atoms with Crippen LogP contribution in [0.3, 0.4) is 0 Å². The van der Waals surface area contributed by atoms with Crippen molar-refractivity contribution in [3.8, 4) is 0 Å². The zero-order chi connectivity index (χ0) is 10.1. The quantitative estimate of drug-likeness (QED) is 0.709. The zero-order valence-electron chi connectivity index (χ0n) is 7.60. The van der Waals surface area contributed by atoms with Crippen molar-refractivity contribution in [1.29, 1.82) is 0 Å². The maximum atomic E-state index is 13.7. The van der Waals surface area contributed by atoms with Crippen LogP contribution in [-0.2, 0) is 12.5 Å². The first-order chi connectivity index (χ1) is 6.57. The monoisotopic (exact) mass is 218 g/mol. The van der Waals surface area contributed by atoms with Gasteiger partial charge in [-0.3, -0.25) is 4.68 Å². The van der Waals surface area contributed by atoms with Crippen LogP contribution in [0, 0.1) is 5.92 Å². The summed E-state index contributed by atoms with van der Waals surface area (Å²) in [6, 6.07) is 0. The summed E-state index contributed by atoms with van der Waals surface area (Å²) in [5.41, 5.74) is 0.662. The molecule has 1 heterocycles. The van der Waals surface area contributed by atoms with Gasteiger partial charge >= 0.3 is 0 Å². The number of aryl methyl sites for hydroxylation is 1. The fraction of sp³-hybridized carbons (Fsp3) is 0.667. The summed E-state index contributed by atoms with van der Waals surface area (Å²) in [5.74, 6) is -3.26. The van der Waals surface area contributed by atoms with Crippen LogP contribution in [0.5, 0.6) is 0 Å². The minimum absolute atomic E-state index is 0.0344. The molecule has 0 spiro atoms. The van der Waals surface area contributed by atoms with Crippen LogP contribution in [0.4, 0.5) is 8.78 Å². The fourth-order valence-corrected chi connectivity index (χ4v) is 2.77. The molecular weight excluding hydrogens is 210 g/mol. The summed E-state index contributed by atoms with van der Waals surface area (Å²) in [7, 11) is 0. The predicted octanol–water partition coefficient (Wildman–Crippen LogP) is 2.77. The Balaban J connectivity index is 2.26. The molecule has 2 aliphatic carbocycles. The van der Waals surface area contributed by atoms with Gasteiger partial charge in [0.25, 0.3) is 5.92 Å². The SMILES string of the molecule is CCn1nc(Cl)c2c1C(F)(F)[C@@H]1C[C@H]21. The maximum absolute atomic E-state index is 13.7. The van der Waals surface area contributed by atoms with Gasteiger partial charge in [0.2, 0.25) is 0 Å². The zero-order valence-corrected chi connectivity index (χ0v) is 8.35. The summed E-state index contributed by atoms with van der Waals surface area (Å²) in [4.78, 5) is 0. The van der Waals surface area contributed by atoms with Crippen molar-refractivity contribution in [3.63, 3.8) is 0 Å². The predicted molar refractivity (Wildman–Crippen MR) is 47.7 cm³/mol. The minimum atomic E-state index is -2.71. The van der Waals surface area contributed by atoms with E-state index < -0.39 is 11.8 Å². The van der Waals surface area contributed by atoms with Gasteiger partial charge in [-0.05, 0) is 19.3 Å². The molecule has 0 aromatic carbocycles. The van der Waals surface area contributed by atoms with E-state index in [2.05, 4.69) is 5.10 Å². The Bertz CT molecular complexity index is 413. The lowest BCUT2D eigenvalue weighted by Gasteiger charge is -2.14. The Morgan fingerprint density at radius 1 is 1.64 bits per heavy atom. The lowest BCUT2D eigenvalue weighted by atomic mass is 10.2. The van der Waals surface area contributed by atoms with Gasteiger partial charge in [0.1, 0.15) is 5.69 Å². The molecule has 14 heavy (non-hydrogen) atoms. The molecule has 0 saturated heterocycles. The van der Waals surface area contributed by atoms with Crippen LogP contribution in [0.2, 0.25) is 5.15 Å². The molecule has 0 unspecified atom stereocenters. The van der Waals surface area contributed by atoms with Gasteiger partial charge in [-0.25, -0.2) is 0 Å². The summed E-state index contributed by atoms with van der Waals surface area (Å²) in [6.45, 7) is 2.24. The molecule has 2 atom stereocenters. The first-order valence-electron chi connectivity index (χ1n) is 4.71. The van der Waals surface area contributed by atoms with Crippen LogP contribution in [0.15, 0.2) is 0 Å².